The van der Waals surface area contributed by atoms with Crippen molar-refractivity contribution < 1.29 is 10.0 Å². The van der Waals surface area contributed by atoms with E-state index in [1.54, 1.807) is 18.5 Å². The van der Waals surface area contributed by atoms with Crippen molar-refractivity contribution in [1.29, 1.82) is 0 Å². The fraction of sp³-hybridized carbons (Fsp3) is 0.0667. The lowest BCUT2D eigenvalue weighted by Crippen LogP contribution is -2.29. The van der Waals surface area contributed by atoms with Crippen LogP contribution < -0.4 is 10.8 Å². The molecule has 2 aromatic carbocycles. The number of benzene rings is 2. The smallest absolute Gasteiger partial charge is 0.423 e. The first-order valence-corrected chi connectivity index (χ1v) is 7.80. The molecule has 5 nitrogen and oxygen atoms in total. The third-order valence-electron chi connectivity index (χ3n) is 3.34. The van der Waals surface area contributed by atoms with Gasteiger partial charge in [0.2, 0.25) is 0 Å². The molecule has 0 saturated carbocycles. The van der Waals surface area contributed by atoms with Crippen LogP contribution in [0.2, 0.25) is 0 Å². The zero-order chi connectivity index (χ0) is 15.5. The minimum atomic E-state index is -1.43. The highest BCUT2D eigenvalue weighted by Gasteiger charge is 2.10. The van der Waals surface area contributed by atoms with E-state index >= 15 is 0 Å². The van der Waals surface area contributed by atoms with Gasteiger partial charge < -0.3 is 15.4 Å². The van der Waals surface area contributed by atoms with Gasteiger partial charge in [0.1, 0.15) is 12.1 Å². The predicted octanol–water partition coefficient (Wildman–Crippen LogP) is 1.53. The summed E-state index contributed by atoms with van der Waals surface area (Å²) in [7, 11) is -1.43. The molecule has 0 fully saturated rings. The summed E-state index contributed by atoms with van der Waals surface area (Å²) in [4.78, 5) is 8.57. The first-order chi connectivity index (χ1) is 10.6. The molecule has 0 aliphatic heterocycles. The van der Waals surface area contributed by atoms with Crippen LogP contribution in [0.1, 0.15) is 5.56 Å². The number of fused-ring (bicyclic) bond motifs is 1. The molecular weight excluding hydrogens is 392 g/mol. The Hall–Kier alpha value is -1.71. The summed E-state index contributed by atoms with van der Waals surface area (Å²) in [6, 6.07) is 13.1. The summed E-state index contributed by atoms with van der Waals surface area (Å²) in [5.41, 5.74) is 2.41. The van der Waals surface area contributed by atoms with Crippen molar-refractivity contribution in [3.63, 3.8) is 0 Å². The van der Waals surface area contributed by atoms with Crippen LogP contribution in [-0.2, 0) is 6.54 Å². The summed E-state index contributed by atoms with van der Waals surface area (Å²) in [5, 5.41) is 22.4. The Morgan fingerprint density at radius 2 is 1.82 bits per heavy atom. The molecule has 0 saturated heterocycles. The van der Waals surface area contributed by atoms with Gasteiger partial charge in [0, 0.05) is 15.5 Å². The van der Waals surface area contributed by atoms with Crippen LogP contribution in [0.4, 0.5) is 5.82 Å². The van der Waals surface area contributed by atoms with Gasteiger partial charge in [0.25, 0.3) is 0 Å². The molecule has 0 amide bonds. The van der Waals surface area contributed by atoms with Crippen molar-refractivity contribution in [1.82, 2.24) is 9.97 Å². The monoisotopic (exact) mass is 405 g/mol. The van der Waals surface area contributed by atoms with Gasteiger partial charge in [0.15, 0.2) is 0 Å². The van der Waals surface area contributed by atoms with Crippen LogP contribution in [0.3, 0.4) is 0 Å². The lowest BCUT2D eigenvalue weighted by Gasteiger charge is -2.09. The number of hydrogen-bond acceptors (Lipinski definition) is 5. The molecule has 0 atom stereocenters. The largest absolute Gasteiger partial charge is 0.488 e. The van der Waals surface area contributed by atoms with Crippen LogP contribution in [0.5, 0.6) is 0 Å². The second kappa shape index (κ2) is 6.59. The zero-order valence-corrected chi connectivity index (χ0v) is 13.7. The van der Waals surface area contributed by atoms with Crippen molar-refractivity contribution in [2.24, 2.45) is 0 Å². The normalized spacial score (nSPS) is 10.7. The van der Waals surface area contributed by atoms with Crippen LogP contribution >= 0.6 is 22.6 Å². The molecule has 3 aromatic rings. The summed E-state index contributed by atoms with van der Waals surface area (Å²) < 4.78 is 1.13. The predicted molar refractivity (Wildman–Crippen MR) is 95.8 cm³/mol. The van der Waals surface area contributed by atoms with Gasteiger partial charge in [0.05, 0.1) is 5.52 Å². The maximum Gasteiger partial charge on any atom is 0.488 e. The van der Waals surface area contributed by atoms with Crippen LogP contribution in [-0.4, -0.2) is 27.1 Å². The molecular formula is C15H13BIN3O2. The van der Waals surface area contributed by atoms with E-state index in [0.717, 1.165) is 25.9 Å². The highest BCUT2D eigenvalue weighted by atomic mass is 127. The van der Waals surface area contributed by atoms with E-state index in [1.807, 2.05) is 30.3 Å². The third-order valence-corrected chi connectivity index (χ3v) is 4.01. The van der Waals surface area contributed by atoms with Crippen LogP contribution in [0, 0.1) is 3.57 Å². The maximum atomic E-state index is 9.09. The van der Waals surface area contributed by atoms with E-state index in [0.29, 0.717) is 12.0 Å². The minimum Gasteiger partial charge on any atom is -0.423 e. The van der Waals surface area contributed by atoms with Crippen molar-refractivity contribution in [2.45, 2.75) is 6.54 Å². The first kappa shape index (κ1) is 15.2. The Morgan fingerprint density at radius 1 is 1.05 bits per heavy atom. The van der Waals surface area contributed by atoms with E-state index in [9.17, 15) is 0 Å². The number of rotatable bonds is 4. The summed E-state index contributed by atoms with van der Waals surface area (Å²) >= 11 is 2.26. The van der Waals surface area contributed by atoms with E-state index in [-0.39, 0.29) is 0 Å². The van der Waals surface area contributed by atoms with Crippen LogP contribution in [0.25, 0.3) is 10.9 Å². The molecule has 0 aliphatic rings. The molecule has 7 heteroatoms. The number of hydrogen-bond donors (Lipinski definition) is 3. The molecule has 0 bridgehead atoms. The van der Waals surface area contributed by atoms with Crippen LogP contribution in [0.15, 0.2) is 48.8 Å². The van der Waals surface area contributed by atoms with Gasteiger partial charge in [-0.2, -0.15) is 0 Å². The first-order valence-electron chi connectivity index (χ1n) is 6.72. The van der Waals surface area contributed by atoms with E-state index < -0.39 is 7.12 Å². The van der Waals surface area contributed by atoms with Gasteiger partial charge in [-0.15, -0.1) is 0 Å². The van der Waals surface area contributed by atoms with Crippen molar-refractivity contribution >= 4 is 51.9 Å². The molecule has 3 rings (SSSR count). The van der Waals surface area contributed by atoms with E-state index in [2.05, 4.69) is 37.9 Å². The topological polar surface area (TPSA) is 78.3 Å². The van der Waals surface area contributed by atoms with Gasteiger partial charge in [-0.25, -0.2) is 9.97 Å². The summed E-state index contributed by atoms with van der Waals surface area (Å²) in [6.45, 7) is 0.597. The highest BCUT2D eigenvalue weighted by Crippen LogP contribution is 2.21. The Bertz CT molecular complexity index is 796. The molecule has 0 aliphatic carbocycles. The zero-order valence-electron chi connectivity index (χ0n) is 11.6. The minimum absolute atomic E-state index is 0.478. The molecule has 0 spiro atoms. The Labute approximate surface area is 141 Å². The number of nitrogens with one attached hydrogen (secondary N) is 1. The van der Waals surface area contributed by atoms with Crippen molar-refractivity contribution in [2.75, 3.05) is 5.32 Å². The Balaban J connectivity index is 1.79. The molecule has 22 heavy (non-hydrogen) atoms. The number of halogens is 1. The van der Waals surface area contributed by atoms with Crippen molar-refractivity contribution in [3.05, 3.63) is 57.9 Å². The summed E-state index contributed by atoms with van der Waals surface area (Å²) in [6.07, 6.45) is 1.55. The summed E-state index contributed by atoms with van der Waals surface area (Å²) in [5.74, 6) is 0.785. The van der Waals surface area contributed by atoms with Gasteiger partial charge >= 0.3 is 7.12 Å². The van der Waals surface area contributed by atoms with Gasteiger partial charge in [-0.3, -0.25) is 0 Å². The lowest BCUT2D eigenvalue weighted by molar-refractivity contribution is 0.426. The molecule has 0 unspecified atom stereocenters. The average Bonchev–Trinajstić information content (AvgIpc) is 2.52. The van der Waals surface area contributed by atoms with Crippen molar-refractivity contribution in [3.8, 4) is 0 Å². The fourth-order valence-electron chi connectivity index (χ4n) is 2.16. The maximum absolute atomic E-state index is 9.09. The lowest BCUT2D eigenvalue weighted by atomic mass is 9.80. The standard InChI is InChI=1S/C15H13BIN3O2/c17-12-5-6-13-14(7-12)19-9-20-15(13)18-8-10-1-3-11(4-2-10)16(21)22/h1-7,9,21-22H,8H2,(H,18,19,20). The third kappa shape index (κ3) is 3.37. The molecule has 0 radical (unpaired) electrons. The quantitative estimate of drug-likeness (QED) is 0.454. The second-order valence-corrected chi connectivity index (χ2v) is 6.10. The Kier molecular flexibility index (Phi) is 4.56. The van der Waals surface area contributed by atoms with E-state index in [1.165, 1.54) is 0 Å². The van der Waals surface area contributed by atoms with Gasteiger partial charge in [-0.1, -0.05) is 24.3 Å². The second-order valence-electron chi connectivity index (χ2n) is 4.85. The Morgan fingerprint density at radius 3 is 2.55 bits per heavy atom. The highest BCUT2D eigenvalue weighted by molar-refractivity contribution is 14.1. The fourth-order valence-corrected chi connectivity index (χ4v) is 2.64. The number of aromatic nitrogens is 2. The van der Waals surface area contributed by atoms with E-state index in [4.69, 9.17) is 10.0 Å². The average molecular weight is 405 g/mol. The molecule has 1 aromatic heterocycles. The SMILES string of the molecule is OB(O)c1ccc(CNc2ncnc3cc(I)ccc23)cc1. The number of nitrogens with zero attached hydrogens (tertiary/aromatic N) is 2. The molecule has 3 N–H and O–H groups in total. The number of anilines is 1. The molecule has 110 valence electrons. The van der Waals surface area contributed by atoms with Gasteiger partial charge in [-0.05, 0) is 51.8 Å². The molecule has 1 heterocycles.